The van der Waals surface area contributed by atoms with Gasteiger partial charge in [0.15, 0.2) is 0 Å². The van der Waals surface area contributed by atoms with E-state index in [2.05, 4.69) is 5.32 Å². The second-order valence-corrected chi connectivity index (χ2v) is 9.81. The predicted molar refractivity (Wildman–Crippen MR) is 122 cm³/mol. The normalized spacial score (nSPS) is 16.8. The number of hydrogen-bond donors (Lipinski definition) is 1. The number of fused-ring (bicyclic) bond motifs is 1. The van der Waals surface area contributed by atoms with Crippen LogP contribution < -0.4 is 14.4 Å². The molecule has 1 fully saturated rings. The molecule has 0 aliphatic carbocycles. The van der Waals surface area contributed by atoms with Crippen LogP contribution in [0, 0.1) is 0 Å². The lowest BCUT2D eigenvalue weighted by Crippen LogP contribution is -2.50. The molecule has 2 amide bonds. The number of nitrogens with one attached hydrogen (secondary N) is 1. The number of nitrogens with zero attached hydrogens (tertiary/aromatic N) is 2. The zero-order valence-electron chi connectivity index (χ0n) is 18.6. The standard InChI is InChI=1S/C23H27N3O6S/c1-16(23(28)25-11-13-32-14-12-25)24-22(27)19-15-18(7-8-21(19)31-2)33(29,30)26-10-9-17-5-3-4-6-20(17)26/h3-8,15-16H,9-14H2,1-2H3,(H,24,27). The number of benzene rings is 2. The van der Waals surface area contributed by atoms with Crippen LogP contribution in [0.3, 0.4) is 0 Å². The molecule has 0 radical (unpaired) electrons. The third-order valence-electron chi connectivity index (χ3n) is 5.89. The fraction of sp³-hybridized carbons (Fsp3) is 0.391. The van der Waals surface area contributed by atoms with E-state index in [0.29, 0.717) is 45.0 Å². The van der Waals surface area contributed by atoms with Gasteiger partial charge in [0.2, 0.25) is 5.91 Å². The number of amides is 2. The molecule has 2 aliphatic heterocycles. The summed E-state index contributed by atoms with van der Waals surface area (Å²) < 4.78 is 38.7. The number of carbonyl (C=O) groups excluding carboxylic acids is 2. The third kappa shape index (κ3) is 4.53. The Morgan fingerprint density at radius 1 is 1.09 bits per heavy atom. The smallest absolute Gasteiger partial charge is 0.264 e. The van der Waals surface area contributed by atoms with Crippen molar-refractivity contribution in [3.05, 3.63) is 53.6 Å². The molecule has 2 aromatic rings. The van der Waals surface area contributed by atoms with Gasteiger partial charge in [-0.15, -0.1) is 0 Å². The van der Waals surface area contributed by atoms with Gasteiger partial charge in [-0.3, -0.25) is 13.9 Å². The average Bonchev–Trinajstić information content (AvgIpc) is 3.28. The number of sulfonamides is 1. The van der Waals surface area contributed by atoms with E-state index in [1.807, 2.05) is 12.1 Å². The summed E-state index contributed by atoms with van der Waals surface area (Å²) in [7, 11) is -2.48. The number of rotatable bonds is 6. The van der Waals surface area contributed by atoms with Gasteiger partial charge in [0.1, 0.15) is 11.8 Å². The highest BCUT2D eigenvalue weighted by Crippen LogP contribution is 2.34. The first-order valence-corrected chi connectivity index (χ1v) is 12.2. The largest absolute Gasteiger partial charge is 0.496 e. The topological polar surface area (TPSA) is 105 Å². The van der Waals surface area contributed by atoms with Gasteiger partial charge in [-0.2, -0.15) is 0 Å². The van der Waals surface area contributed by atoms with Crippen molar-refractivity contribution in [2.75, 3.05) is 44.3 Å². The van der Waals surface area contributed by atoms with Crippen LogP contribution >= 0.6 is 0 Å². The number of hydrogen-bond acceptors (Lipinski definition) is 6. The highest BCUT2D eigenvalue weighted by atomic mass is 32.2. The summed E-state index contributed by atoms with van der Waals surface area (Å²) in [6.45, 7) is 3.78. The summed E-state index contributed by atoms with van der Waals surface area (Å²) in [5.74, 6) is -0.581. The lowest BCUT2D eigenvalue weighted by Gasteiger charge is -2.29. The van der Waals surface area contributed by atoms with Crippen LogP contribution in [0.4, 0.5) is 5.69 Å². The minimum Gasteiger partial charge on any atom is -0.496 e. The van der Waals surface area contributed by atoms with Gasteiger partial charge in [-0.25, -0.2) is 8.42 Å². The average molecular weight is 474 g/mol. The maximum absolute atomic E-state index is 13.4. The van der Waals surface area contributed by atoms with Gasteiger partial charge in [0.25, 0.3) is 15.9 Å². The van der Waals surface area contributed by atoms with Crippen LogP contribution in [-0.2, 0) is 26.0 Å². The molecule has 1 atom stereocenters. The van der Waals surface area contributed by atoms with Crippen LogP contribution in [-0.4, -0.2) is 71.1 Å². The molecule has 10 heteroatoms. The molecule has 0 bridgehead atoms. The molecular weight excluding hydrogens is 446 g/mol. The van der Waals surface area contributed by atoms with Crippen molar-refractivity contribution < 1.29 is 27.5 Å². The van der Waals surface area contributed by atoms with Gasteiger partial charge in [-0.1, -0.05) is 18.2 Å². The number of carbonyl (C=O) groups is 2. The van der Waals surface area contributed by atoms with Crippen molar-refractivity contribution in [2.24, 2.45) is 0 Å². The van der Waals surface area contributed by atoms with Crippen molar-refractivity contribution in [3.8, 4) is 5.75 Å². The monoisotopic (exact) mass is 473 g/mol. The van der Waals surface area contributed by atoms with Gasteiger partial charge >= 0.3 is 0 Å². The molecule has 1 N–H and O–H groups in total. The Morgan fingerprint density at radius 3 is 2.55 bits per heavy atom. The summed E-state index contributed by atoms with van der Waals surface area (Å²) in [5, 5.41) is 2.67. The molecule has 2 heterocycles. The Bertz CT molecular complexity index is 1160. The van der Waals surface area contributed by atoms with Gasteiger partial charge in [-0.05, 0) is 43.2 Å². The van der Waals surface area contributed by atoms with Crippen molar-refractivity contribution >= 4 is 27.5 Å². The maximum atomic E-state index is 13.4. The second-order valence-electron chi connectivity index (χ2n) is 7.95. The molecule has 2 aliphatic rings. The Hall–Kier alpha value is -3.11. The molecule has 9 nitrogen and oxygen atoms in total. The molecule has 0 spiro atoms. The number of morpholine rings is 1. The highest BCUT2D eigenvalue weighted by Gasteiger charge is 2.32. The lowest BCUT2D eigenvalue weighted by molar-refractivity contribution is -0.136. The Kier molecular flexibility index (Phi) is 6.57. The Balaban J connectivity index is 1.58. The number of ether oxygens (including phenoxy) is 2. The lowest BCUT2D eigenvalue weighted by atomic mass is 10.1. The zero-order valence-corrected chi connectivity index (χ0v) is 19.4. The highest BCUT2D eigenvalue weighted by molar-refractivity contribution is 7.92. The molecular formula is C23H27N3O6S. The third-order valence-corrected chi connectivity index (χ3v) is 7.70. The predicted octanol–water partition coefficient (Wildman–Crippen LogP) is 1.42. The number of anilines is 1. The second kappa shape index (κ2) is 9.40. The van der Waals surface area contributed by atoms with Crippen LogP contribution in [0.5, 0.6) is 5.75 Å². The molecule has 176 valence electrons. The molecule has 2 aromatic carbocycles. The fourth-order valence-corrected chi connectivity index (χ4v) is 5.63. The van der Waals surface area contributed by atoms with Crippen LogP contribution in [0.2, 0.25) is 0 Å². The van der Waals surface area contributed by atoms with E-state index in [-0.39, 0.29) is 22.1 Å². The van der Waals surface area contributed by atoms with E-state index in [4.69, 9.17) is 9.47 Å². The first-order chi connectivity index (χ1) is 15.8. The van der Waals surface area contributed by atoms with Crippen molar-refractivity contribution in [1.82, 2.24) is 10.2 Å². The van der Waals surface area contributed by atoms with E-state index < -0.39 is 22.0 Å². The number of methoxy groups -OCH3 is 1. The van der Waals surface area contributed by atoms with E-state index >= 15 is 0 Å². The van der Waals surface area contributed by atoms with Crippen LogP contribution in [0.25, 0.3) is 0 Å². The minimum absolute atomic E-state index is 0.0164. The molecule has 0 aromatic heterocycles. The Labute approximate surface area is 193 Å². The molecule has 1 unspecified atom stereocenters. The summed E-state index contributed by atoms with van der Waals surface area (Å²) >= 11 is 0. The maximum Gasteiger partial charge on any atom is 0.264 e. The van der Waals surface area contributed by atoms with Gasteiger partial charge in [0.05, 0.1) is 36.5 Å². The summed E-state index contributed by atoms with van der Waals surface area (Å²) in [6.07, 6.45) is 0.625. The van der Waals surface area contributed by atoms with Crippen molar-refractivity contribution in [1.29, 1.82) is 0 Å². The zero-order chi connectivity index (χ0) is 23.6. The van der Waals surface area contributed by atoms with E-state index in [1.54, 1.807) is 24.0 Å². The molecule has 33 heavy (non-hydrogen) atoms. The van der Waals surface area contributed by atoms with E-state index in [0.717, 1.165) is 5.56 Å². The summed E-state index contributed by atoms with van der Waals surface area (Å²) in [5.41, 5.74) is 1.65. The first-order valence-electron chi connectivity index (χ1n) is 10.8. The van der Waals surface area contributed by atoms with E-state index in [1.165, 1.54) is 29.6 Å². The van der Waals surface area contributed by atoms with E-state index in [9.17, 15) is 18.0 Å². The molecule has 1 saturated heterocycles. The van der Waals surface area contributed by atoms with Crippen molar-refractivity contribution in [2.45, 2.75) is 24.3 Å². The Morgan fingerprint density at radius 2 is 1.82 bits per heavy atom. The van der Waals surface area contributed by atoms with Crippen molar-refractivity contribution in [3.63, 3.8) is 0 Å². The summed E-state index contributed by atoms with van der Waals surface area (Å²) in [6, 6.07) is 10.8. The SMILES string of the molecule is COc1ccc(S(=O)(=O)N2CCc3ccccc32)cc1C(=O)NC(C)C(=O)N1CCOCC1. The first kappa shape index (κ1) is 23.1. The molecule has 0 saturated carbocycles. The minimum atomic E-state index is -3.89. The van der Waals surface area contributed by atoms with Crippen LogP contribution in [0.15, 0.2) is 47.4 Å². The quantitative estimate of drug-likeness (QED) is 0.681. The number of para-hydroxylation sites is 1. The summed E-state index contributed by atoms with van der Waals surface area (Å²) in [4.78, 5) is 27.3. The van der Waals surface area contributed by atoms with Gasteiger partial charge < -0.3 is 19.7 Å². The molecule has 4 rings (SSSR count). The van der Waals surface area contributed by atoms with Gasteiger partial charge in [0, 0.05) is 19.6 Å². The fourth-order valence-electron chi connectivity index (χ4n) is 4.10. The van der Waals surface area contributed by atoms with Crippen LogP contribution in [0.1, 0.15) is 22.8 Å².